The van der Waals surface area contributed by atoms with E-state index in [9.17, 15) is 17.6 Å². The van der Waals surface area contributed by atoms with Gasteiger partial charge in [-0.1, -0.05) is 42.5 Å². The minimum absolute atomic E-state index is 0.0475. The molecule has 1 aliphatic heterocycles. The van der Waals surface area contributed by atoms with Crippen molar-refractivity contribution in [3.8, 4) is 0 Å². The van der Waals surface area contributed by atoms with Crippen LogP contribution in [0.3, 0.4) is 0 Å². The molecule has 2 aromatic rings. The first-order valence-electron chi connectivity index (χ1n) is 8.77. The van der Waals surface area contributed by atoms with Crippen LogP contribution in [-0.4, -0.2) is 39.5 Å². The molecule has 1 saturated heterocycles. The van der Waals surface area contributed by atoms with Crippen molar-refractivity contribution in [1.29, 1.82) is 0 Å². The third kappa shape index (κ3) is 5.12. The molecular formula is C19H22FN3O3S. The quantitative estimate of drug-likeness (QED) is 0.662. The zero-order valence-corrected chi connectivity index (χ0v) is 15.5. The summed E-state index contributed by atoms with van der Waals surface area (Å²) in [4.78, 5) is 12.3. The van der Waals surface area contributed by atoms with Crippen LogP contribution < -0.4 is 15.4 Å². The number of hydrogen-bond donors (Lipinski definition) is 3. The van der Waals surface area contributed by atoms with Crippen LogP contribution in [0.2, 0.25) is 0 Å². The highest BCUT2D eigenvalue weighted by Gasteiger charge is 2.29. The SMILES string of the molecule is O=C(NC1CCNC1)C(Cc1ccccc1)NS(=O)(=O)c1ccccc1F. The molecule has 3 rings (SSSR count). The third-order valence-corrected chi connectivity index (χ3v) is 5.93. The van der Waals surface area contributed by atoms with E-state index in [-0.39, 0.29) is 12.5 Å². The smallest absolute Gasteiger partial charge is 0.244 e. The average Bonchev–Trinajstić information content (AvgIpc) is 3.15. The molecule has 0 bridgehead atoms. The van der Waals surface area contributed by atoms with Crippen molar-refractivity contribution in [3.63, 3.8) is 0 Å². The fourth-order valence-electron chi connectivity index (χ4n) is 3.03. The second-order valence-electron chi connectivity index (χ2n) is 6.49. The number of nitrogens with one attached hydrogen (secondary N) is 3. The number of sulfonamides is 1. The Morgan fingerprint density at radius 1 is 1.15 bits per heavy atom. The van der Waals surface area contributed by atoms with Crippen molar-refractivity contribution >= 4 is 15.9 Å². The van der Waals surface area contributed by atoms with Gasteiger partial charge >= 0.3 is 0 Å². The predicted molar refractivity (Wildman–Crippen MR) is 100 cm³/mol. The van der Waals surface area contributed by atoms with Crippen LogP contribution in [0.5, 0.6) is 0 Å². The van der Waals surface area contributed by atoms with E-state index in [0.29, 0.717) is 6.54 Å². The molecule has 144 valence electrons. The van der Waals surface area contributed by atoms with E-state index >= 15 is 0 Å². The molecule has 1 fully saturated rings. The van der Waals surface area contributed by atoms with Crippen molar-refractivity contribution in [3.05, 3.63) is 66.0 Å². The number of amides is 1. The first kappa shape index (κ1) is 19.5. The number of carbonyl (C=O) groups is 1. The number of hydrogen-bond acceptors (Lipinski definition) is 4. The molecule has 0 spiro atoms. The Hall–Kier alpha value is -2.29. The molecule has 1 aliphatic rings. The molecule has 0 radical (unpaired) electrons. The van der Waals surface area contributed by atoms with E-state index in [1.54, 1.807) is 0 Å². The van der Waals surface area contributed by atoms with Gasteiger partial charge in [0.25, 0.3) is 0 Å². The molecule has 2 unspecified atom stereocenters. The van der Waals surface area contributed by atoms with Gasteiger partial charge in [-0.25, -0.2) is 12.8 Å². The molecule has 8 heteroatoms. The van der Waals surface area contributed by atoms with Crippen LogP contribution in [0.15, 0.2) is 59.5 Å². The summed E-state index contributed by atoms with van der Waals surface area (Å²) in [6.45, 7) is 1.44. The van der Waals surface area contributed by atoms with Gasteiger partial charge in [0.1, 0.15) is 16.8 Å². The molecule has 0 aliphatic carbocycles. The average molecular weight is 391 g/mol. The van der Waals surface area contributed by atoms with E-state index in [4.69, 9.17) is 0 Å². The highest BCUT2D eigenvalue weighted by Crippen LogP contribution is 2.15. The molecule has 6 nitrogen and oxygen atoms in total. The minimum atomic E-state index is -4.19. The Balaban J connectivity index is 1.82. The number of rotatable bonds is 7. The van der Waals surface area contributed by atoms with Gasteiger partial charge in [-0.15, -0.1) is 0 Å². The summed E-state index contributed by atoms with van der Waals surface area (Å²) in [7, 11) is -4.19. The first-order valence-corrected chi connectivity index (χ1v) is 10.3. The Kier molecular flexibility index (Phi) is 6.20. The van der Waals surface area contributed by atoms with Gasteiger partial charge in [0, 0.05) is 12.6 Å². The Morgan fingerprint density at radius 2 is 1.85 bits per heavy atom. The van der Waals surface area contributed by atoms with Crippen molar-refractivity contribution in [2.75, 3.05) is 13.1 Å². The lowest BCUT2D eigenvalue weighted by Gasteiger charge is -2.21. The standard InChI is InChI=1S/C19H22FN3O3S/c20-16-8-4-5-9-18(16)27(25,26)23-17(12-14-6-2-1-3-7-14)19(24)22-15-10-11-21-13-15/h1-9,15,17,21,23H,10-13H2,(H,22,24). The second-order valence-corrected chi connectivity index (χ2v) is 8.17. The number of carbonyl (C=O) groups excluding carboxylic acids is 1. The topological polar surface area (TPSA) is 87.3 Å². The van der Waals surface area contributed by atoms with Crippen LogP contribution in [0.1, 0.15) is 12.0 Å². The van der Waals surface area contributed by atoms with E-state index in [1.807, 2.05) is 30.3 Å². The monoisotopic (exact) mass is 391 g/mol. The summed E-state index contributed by atoms with van der Waals surface area (Å²) in [6.07, 6.45) is 0.949. The molecule has 2 aromatic carbocycles. The largest absolute Gasteiger partial charge is 0.351 e. The number of benzene rings is 2. The first-order chi connectivity index (χ1) is 13.0. The fourth-order valence-corrected chi connectivity index (χ4v) is 4.31. The third-order valence-electron chi connectivity index (χ3n) is 4.43. The lowest BCUT2D eigenvalue weighted by molar-refractivity contribution is -0.123. The summed E-state index contributed by atoms with van der Waals surface area (Å²) in [5.41, 5.74) is 0.804. The normalized spacial score (nSPS) is 18.2. The highest BCUT2D eigenvalue weighted by atomic mass is 32.2. The number of halogens is 1. The van der Waals surface area contributed by atoms with E-state index in [2.05, 4.69) is 15.4 Å². The van der Waals surface area contributed by atoms with E-state index in [0.717, 1.165) is 24.6 Å². The Morgan fingerprint density at radius 3 is 2.52 bits per heavy atom. The van der Waals surface area contributed by atoms with Gasteiger partial charge in [0.05, 0.1) is 0 Å². The molecule has 2 atom stereocenters. The van der Waals surface area contributed by atoms with Gasteiger partial charge in [0.2, 0.25) is 15.9 Å². The molecule has 0 saturated carbocycles. The van der Waals surface area contributed by atoms with Gasteiger partial charge in [0.15, 0.2) is 0 Å². The van der Waals surface area contributed by atoms with Gasteiger partial charge in [-0.2, -0.15) is 4.72 Å². The summed E-state index contributed by atoms with van der Waals surface area (Å²) in [5, 5.41) is 6.01. The van der Waals surface area contributed by atoms with Gasteiger partial charge < -0.3 is 10.6 Å². The zero-order chi connectivity index (χ0) is 19.3. The molecular weight excluding hydrogens is 369 g/mol. The zero-order valence-electron chi connectivity index (χ0n) is 14.7. The fraction of sp³-hybridized carbons (Fsp3) is 0.316. The summed E-state index contributed by atoms with van der Waals surface area (Å²) < 4.78 is 41.6. The van der Waals surface area contributed by atoms with Crippen molar-refractivity contribution in [2.24, 2.45) is 0 Å². The molecule has 27 heavy (non-hydrogen) atoms. The van der Waals surface area contributed by atoms with Crippen molar-refractivity contribution in [2.45, 2.75) is 29.8 Å². The van der Waals surface area contributed by atoms with Crippen LogP contribution >= 0.6 is 0 Å². The van der Waals surface area contributed by atoms with Gasteiger partial charge in [-0.05, 0) is 37.1 Å². The molecule has 0 aromatic heterocycles. The predicted octanol–water partition coefficient (Wildman–Crippen LogP) is 1.19. The maximum absolute atomic E-state index is 14.0. The van der Waals surface area contributed by atoms with Crippen molar-refractivity contribution in [1.82, 2.24) is 15.4 Å². The summed E-state index contributed by atoms with van der Waals surface area (Å²) in [6, 6.07) is 13.1. The lowest BCUT2D eigenvalue weighted by atomic mass is 10.1. The highest BCUT2D eigenvalue weighted by molar-refractivity contribution is 7.89. The van der Waals surface area contributed by atoms with Crippen LogP contribution in [0.4, 0.5) is 4.39 Å². The molecule has 3 N–H and O–H groups in total. The Bertz CT molecular complexity index is 884. The summed E-state index contributed by atoms with van der Waals surface area (Å²) >= 11 is 0. The minimum Gasteiger partial charge on any atom is -0.351 e. The maximum Gasteiger partial charge on any atom is 0.244 e. The second kappa shape index (κ2) is 8.60. The van der Waals surface area contributed by atoms with E-state index in [1.165, 1.54) is 18.2 Å². The molecule has 1 heterocycles. The van der Waals surface area contributed by atoms with Crippen LogP contribution in [-0.2, 0) is 21.2 Å². The van der Waals surface area contributed by atoms with Crippen molar-refractivity contribution < 1.29 is 17.6 Å². The van der Waals surface area contributed by atoms with Crippen LogP contribution in [0, 0.1) is 5.82 Å². The van der Waals surface area contributed by atoms with E-state index < -0.39 is 32.7 Å². The van der Waals surface area contributed by atoms with Crippen LogP contribution in [0.25, 0.3) is 0 Å². The molecule has 1 amide bonds. The maximum atomic E-state index is 14.0. The lowest BCUT2D eigenvalue weighted by Crippen LogP contribution is -2.51. The van der Waals surface area contributed by atoms with Gasteiger partial charge in [-0.3, -0.25) is 4.79 Å². The summed E-state index contributed by atoms with van der Waals surface area (Å²) in [5.74, 6) is -1.28. The Labute approximate surface area is 158 Å².